The SMILES string of the molecule is COc1ccc(OCC(O)CNC(=O)c2nc(NC(=O)OC(C)(C)C)cn2C)cc1. The molecule has 1 unspecified atom stereocenters. The van der Waals surface area contributed by atoms with Crippen LogP contribution in [0.5, 0.6) is 11.5 Å². The van der Waals surface area contributed by atoms with Crippen LogP contribution in [0.1, 0.15) is 31.4 Å². The number of ether oxygens (including phenoxy) is 3. The van der Waals surface area contributed by atoms with E-state index in [9.17, 15) is 14.7 Å². The Morgan fingerprint density at radius 3 is 2.43 bits per heavy atom. The van der Waals surface area contributed by atoms with Crippen molar-refractivity contribution in [2.24, 2.45) is 7.05 Å². The molecule has 3 N–H and O–H groups in total. The van der Waals surface area contributed by atoms with Crippen molar-refractivity contribution < 1.29 is 28.9 Å². The molecule has 0 spiro atoms. The number of imidazole rings is 1. The lowest BCUT2D eigenvalue weighted by Crippen LogP contribution is -2.36. The Kier molecular flexibility index (Phi) is 7.65. The molecular formula is C20H28N4O6. The summed E-state index contributed by atoms with van der Waals surface area (Å²) in [6, 6.07) is 6.93. The molecule has 2 aromatic rings. The smallest absolute Gasteiger partial charge is 0.413 e. The van der Waals surface area contributed by atoms with Gasteiger partial charge in [0.15, 0.2) is 5.82 Å². The van der Waals surface area contributed by atoms with Crippen molar-refractivity contribution in [2.75, 3.05) is 25.6 Å². The van der Waals surface area contributed by atoms with Crippen LogP contribution in [-0.4, -0.2) is 58.6 Å². The molecule has 10 nitrogen and oxygen atoms in total. The van der Waals surface area contributed by atoms with Crippen molar-refractivity contribution in [1.29, 1.82) is 0 Å². The Hall–Kier alpha value is -3.27. The zero-order valence-electron chi connectivity index (χ0n) is 17.8. The van der Waals surface area contributed by atoms with Crippen molar-refractivity contribution in [2.45, 2.75) is 32.5 Å². The van der Waals surface area contributed by atoms with Gasteiger partial charge >= 0.3 is 6.09 Å². The van der Waals surface area contributed by atoms with E-state index in [1.54, 1.807) is 59.2 Å². The zero-order chi connectivity index (χ0) is 22.3. The highest BCUT2D eigenvalue weighted by Crippen LogP contribution is 2.17. The summed E-state index contributed by atoms with van der Waals surface area (Å²) in [6.45, 7) is 5.20. The average Bonchev–Trinajstić information content (AvgIpc) is 3.03. The van der Waals surface area contributed by atoms with Crippen LogP contribution < -0.4 is 20.1 Å². The van der Waals surface area contributed by atoms with E-state index in [0.717, 1.165) is 0 Å². The zero-order valence-corrected chi connectivity index (χ0v) is 17.8. The van der Waals surface area contributed by atoms with Crippen LogP contribution in [0.15, 0.2) is 30.5 Å². The minimum Gasteiger partial charge on any atom is -0.497 e. The molecule has 2 rings (SSSR count). The second kappa shape index (κ2) is 9.97. The van der Waals surface area contributed by atoms with Gasteiger partial charge < -0.3 is 29.2 Å². The number of nitrogens with one attached hydrogen (secondary N) is 2. The van der Waals surface area contributed by atoms with Crippen molar-refractivity contribution in [1.82, 2.24) is 14.9 Å². The van der Waals surface area contributed by atoms with Gasteiger partial charge in [0, 0.05) is 19.8 Å². The Balaban J connectivity index is 1.82. The maximum Gasteiger partial charge on any atom is 0.413 e. The van der Waals surface area contributed by atoms with Gasteiger partial charge in [0.05, 0.1) is 7.11 Å². The highest BCUT2D eigenvalue weighted by atomic mass is 16.6. The number of rotatable bonds is 8. The number of anilines is 1. The van der Waals surface area contributed by atoms with Crippen LogP contribution in [0.2, 0.25) is 0 Å². The number of carbonyl (C=O) groups excluding carboxylic acids is 2. The van der Waals surface area contributed by atoms with Gasteiger partial charge in [-0.05, 0) is 45.0 Å². The lowest BCUT2D eigenvalue weighted by molar-refractivity contribution is 0.0635. The summed E-state index contributed by atoms with van der Waals surface area (Å²) in [5.74, 6) is 1.02. The number of aryl methyl sites for hydroxylation is 1. The van der Waals surface area contributed by atoms with Gasteiger partial charge in [-0.1, -0.05) is 0 Å². The number of carbonyl (C=O) groups is 2. The van der Waals surface area contributed by atoms with E-state index in [1.165, 1.54) is 10.8 Å². The second-order valence-corrected chi connectivity index (χ2v) is 7.54. The first-order chi connectivity index (χ1) is 14.1. The van der Waals surface area contributed by atoms with Crippen LogP contribution in [0.3, 0.4) is 0 Å². The fourth-order valence-corrected chi connectivity index (χ4v) is 2.36. The molecule has 0 radical (unpaired) electrons. The second-order valence-electron chi connectivity index (χ2n) is 7.54. The quantitative estimate of drug-likeness (QED) is 0.596. The van der Waals surface area contributed by atoms with E-state index in [1.807, 2.05) is 0 Å². The standard InChI is InChI=1S/C20H28N4O6/c1-20(2,3)30-19(27)23-16-11-24(4)17(22-16)18(26)21-10-13(25)12-29-15-8-6-14(28-5)7-9-15/h6-9,11,13,25H,10,12H2,1-5H3,(H,21,26)(H,23,27). The molecule has 1 aromatic carbocycles. The predicted octanol–water partition coefficient (Wildman–Crippen LogP) is 1.95. The number of benzene rings is 1. The van der Waals surface area contributed by atoms with Crippen LogP contribution >= 0.6 is 0 Å². The van der Waals surface area contributed by atoms with E-state index in [-0.39, 0.29) is 24.8 Å². The Morgan fingerprint density at radius 2 is 1.83 bits per heavy atom. The number of aromatic nitrogens is 2. The van der Waals surface area contributed by atoms with Crippen LogP contribution in [0.25, 0.3) is 0 Å². The normalized spacial score (nSPS) is 12.1. The summed E-state index contributed by atoms with van der Waals surface area (Å²) in [4.78, 5) is 28.2. The lowest BCUT2D eigenvalue weighted by atomic mass is 10.2. The third-order valence-electron chi connectivity index (χ3n) is 3.71. The largest absolute Gasteiger partial charge is 0.497 e. The van der Waals surface area contributed by atoms with Gasteiger partial charge in [-0.15, -0.1) is 0 Å². The molecule has 30 heavy (non-hydrogen) atoms. The molecule has 0 bridgehead atoms. The Bertz CT molecular complexity index is 857. The number of aliphatic hydroxyl groups excluding tert-OH is 1. The molecule has 0 saturated carbocycles. The average molecular weight is 420 g/mol. The van der Waals surface area contributed by atoms with Crippen molar-refractivity contribution in [3.63, 3.8) is 0 Å². The molecule has 164 valence electrons. The monoisotopic (exact) mass is 420 g/mol. The minimum absolute atomic E-state index is 0.00137. The predicted molar refractivity (Wildman–Crippen MR) is 110 cm³/mol. The molecule has 0 fully saturated rings. The summed E-state index contributed by atoms with van der Waals surface area (Å²) < 4.78 is 17.2. The molecule has 0 aliphatic rings. The van der Waals surface area contributed by atoms with Crippen LogP contribution in [-0.2, 0) is 11.8 Å². The first kappa shape index (κ1) is 23.0. The van der Waals surface area contributed by atoms with Crippen molar-refractivity contribution in [3.05, 3.63) is 36.3 Å². The number of methoxy groups -OCH3 is 1. The summed E-state index contributed by atoms with van der Waals surface area (Å²) in [6.07, 6.45) is -0.100. The van der Waals surface area contributed by atoms with E-state index in [2.05, 4.69) is 15.6 Å². The number of nitrogens with zero attached hydrogens (tertiary/aromatic N) is 2. The molecule has 1 atom stereocenters. The topological polar surface area (TPSA) is 124 Å². The molecule has 0 saturated heterocycles. The van der Waals surface area contributed by atoms with E-state index >= 15 is 0 Å². The van der Waals surface area contributed by atoms with Gasteiger partial charge in [-0.25, -0.2) is 9.78 Å². The van der Waals surface area contributed by atoms with Crippen molar-refractivity contribution >= 4 is 17.8 Å². The molecule has 10 heteroatoms. The molecule has 1 heterocycles. The summed E-state index contributed by atoms with van der Waals surface area (Å²) in [5, 5.41) is 15.1. The highest BCUT2D eigenvalue weighted by Gasteiger charge is 2.19. The molecular weight excluding hydrogens is 392 g/mol. The first-order valence-corrected chi connectivity index (χ1v) is 9.34. The first-order valence-electron chi connectivity index (χ1n) is 9.34. The van der Waals surface area contributed by atoms with Gasteiger partial charge in [-0.3, -0.25) is 10.1 Å². The van der Waals surface area contributed by atoms with E-state index in [0.29, 0.717) is 11.5 Å². The van der Waals surface area contributed by atoms with Crippen LogP contribution in [0, 0.1) is 0 Å². The molecule has 0 aliphatic heterocycles. The van der Waals surface area contributed by atoms with Gasteiger partial charge in [0.25, 0.3) is 5.91 Å². The van der Waals surface area contributed by atoms with E-state index in [4.69, 9.17) is 14.2 Å². The fourth-order valence-electron chi connectivity index (χ4n) is 2.36. The highest BCUT2D eigenvalue weighted by molar-refractivity contribution is 5.92. The molecule has 1 aromatic heterocycles. The number of amides is 2. The number of hydrogen-bond donors (Lipinski definition) is 3. The Labute approximate surface area is 175 Å². The maximum atomic E-state index is 12.3. The summed E-state index contributed by atoms with van der Waals surface area (Å²) >= 11 is 0. The fraction of sp³-hybridized carbons (Fsp3) is 0.450. The van der Waals surface area contributed by atoms with Crippen LogP contribution in [0.4, 0.5) is 10.6 Å². The van der Waals surface area contributed by atoms with E-state index < -0.39 is 23.7 Å². The van der Waals surface area contributed by atoms with Crippen molar-refractivity contribution in [3.8, 4) is 11.5 Å². The summed E-state index contributed by atoms with van der Waals surface area (Å²) in [7, 11) is 3.19. The third-order valence-corrected chi connectivity index (χ3v) is 3.71. The molecule has 2 amide bonds. The third kappa shape index (κ3) is 7.28. The number of hydrogen-bond acceptors (Lipinski definition) is 7. The number of aliphatic hydroxyl groups is 1. The Morgan fingerprint density at radius 1 is 1.20 bits per heavy atom. The van der Waals surface area contributed by atoms with Gasteiger partial charge in [0.1, 0.15) is 29.8 Å². The van der Waals surface area contributed by atoms with Gasteiger partial charge in [-0.2, -0.15) is 0 Å². The minimum atomic E-state index is -0.921. The summed E-state index contributed by atoms with van der Waals surface area (Å²) in [5.41, 5.74) is -0.650. The van der Waals surface area contributed by atoms with Gasteiger partial charge in [0.2, 0.25) is 5.82 Å². The lowest BCUT2D eigenvalue weighted by Gasteiger charge is -2.18. The maximum absolute atomic E-state index is 12.3. The molecule has 0 aliphatic carbocycles.